The summed E-state index contributed by atoms with van der Waals surface area (Å²) in [5.41, 5.74) is 0. The van der Waals surface area contributed by atoms with Crippen LogP contribution < -0.4 is 10.6 Å². The zero-order chi connectivity index (χ0) is 13.2. The van der Waals surface area contributed by atoms with Gasteiger partial charge in [-0.05, 0) is 31.4 Å². The van der Waals surface area contributed by atoms with Gasteiger partial charge in [-0.3, -0.25) is 4.99 Å². The number of hydrogen-bond acceptors (Lipinski definition) is 3. The number of nitrogens with one attached hydrogen (secondary N) is 2. The first kappa shape index (κ1) is 16.3. The van der Waals surface area contributed by atoms with Gasteiger partial charge in [0.15, 0.2) is 5.96 Å². The largest absolute Gasteiger partial charge is 0.373 e. The topological polar surface area (TPSA) is 45.7 Å². The summed E-state index contributed by atoms with van der Waals surface area (Å²) >= 11 is 7.51. The standard InChI is InChI=1S/C13H18ClN3OS.HI/c1-15-13(16-7-9-3-5-12(14)19-9)17-10-6-8-2-4-11(10)18-8;/h3,5,8,10-11H,2,4,6-7H2,1H3,(H2,15,16,17);1H. The summed E-state index contributed by atoms with van der Waals surface area (Å²) in [6.07, 6.45) is 4.29. The van der Waals surface area contributed by atoms with Gasteiger partial charge >= 0.3 is 0 Å². The predicted molar refractivity (Wildman–Crippen MR) is 94.4 cm³/mol. The molecule has 112 valence electrons. The normalized spacial score (nSPS) is 28.3. The molecule has 7 heteroatoms. The third kappa shape index (κ3) is 3.78. The van der Waals surface area contributed by atoms with Crippen molar-refractivity contribution in [2.75, 3.05) is 7.05 Å². The molecule has 0 saturated carbocycles. The molecule has 2 N–H and O–H groups in total. The number of ether oxygens (including phenoxy) is 1. The van der Waals surface area contributed by atoms with Crippen molar-refractivity contribution in [2.45, 2.75) is 44.1 Å². The Labute approximate surface area is 145 Å². The van der Waals surface area contributed by atoms with E-state index in [1.165, 1.54) is 17.7 Å². The minimum Gasteiger partial charge on any atom is -0.373 e. The molecule has 0 aliphatic carbocycles. The quantitative estimate of drug-likeness (QED) is 0.443. The minimum atomic E-state index is 0. The van der Waals surface area contributed by atoms with Crippen molar-refractivity contribution < 1.29 is 4.74 Å². The zero-order valence-electron chi connectivity index (χ0n) is 11.3. The van der Waals surface area contributed by atoms with Crippen molar-refractivity contribution in [1.82, 2.24) is 10.6 Å². The van der Waals surface area contributed by atoms with Gasteiger partial charge in [-0.2, -0.15) is 0 Å². The van der Waals surface area contributed by atoms with E-state index in [9.17, 15) is 0 Å². The average Bonchev–Trinajstić information content (AvgIpc) is 3.11. The minimum absolute atomic E-state index is 0. The molecule has 20 heavy (non-hydrogen) atoms. The first-order chi connectivity index (χ1) is 9.24. The van der Waals surface area contributed by atoms with Gasteiger partial charge < -0.3 is 15.4 Å². The molecule has 0 aromatic carbocycles. The van der Waals surface area contributed by atoms with Gasteiger partial charge in [-0.25, -0.2) is 0 Å². The second-order valence-corrected chi connectivity index (χ2v) is 6.79. The number of thiophene rings is 1. The second-order valence-electron chi connectivity index (χ2n) is 4.99. The van der Waals surface area contributed by atoms with Crippen LogP contribution in [0.2, 0.25) is 4.34 Å². The molecule has 2 fully saturated rings. The van der Waals surface area contributed by atoms with E-state index in [2.05, 4.69) is 15.6 Å². The van der Waals surface area contributed by atoms with Crippen molar-refractivity contribution in [3.63, 3.8) is 0 Å². The Hall–Kier alpha value is -0.0500. The maximum absolute atomic E-state index is 5.92. The SMILES string of the molecule is CN=C(NCc1ccc(Cl)s1)NC1CC2CCC1O2.I. The number of nitrogens with zero attached hydrogens (tertiary/aromatic N) is 1. The Morgan fingerprint density at radius 3 is 2.90 bits per heavy atom. The predicted octanol–water partition coefficient (Wildman–Crippen LogP) is 3.00. The summed E-state index contributed by atoms with van der Waals surface area (Å²) in [5, 5.41) is 6.78. The number of rotatable bonds is 3. The summed E-state index contributed by atoms with van der Waals surface area (Å²) in [6, 6.07) is 4.36. The first-order valence-electron chi connectivity index (χ1n) is 6.61. The van der Waals surface area contributed by atoms with E-state index in [1.54, 1.807) is 18.4 Å². The van der Waals surface area contributed by atoms with Gasteiger partial charge in [0.25, 0.3) is 0 Å². The summed E-state index contributed by atoms with van der Waals surface area (Å²) in [6.45, 7) is 0.749. The molecule has 0 radical (unpaired) electrons. The Kier molecular flexibility index (Phi) is 5.95. The van der Waals surface area contributed by atoms with Crippen LogP contribution in [0, 0.1) is 0 Å². The van der Waals surface area contributed by atoms with E-state index >= 15 is 0 Å². The monoisotopic (exact) mass is 427 g/mol. The lowest BCUT2D eigenvalue weighted by Crippen LogP contribution is -2.47. The Morgan fingerprint density at radius 1 is 1.50 bits per heavy atom. The van der Waals surface area contributed by atoms with Crippen LogP contribution in [0.1, 0.15) is 24.1 Å². The van der Waals surface area contributed by atoms with Crippen molar-refractivity contribution in [3.05, 3.63) is 21.3 Å². The van der Waals surface area contributed by atoms with Gasteiger partial charge in [-0.1, -0.05) is 11.6 Å². The van der Waals surface area contributed by atoms with Crippen LogP contribution in [0.3, 0.4) is 0 Å². The van der Waals surface area contributed by atoms with Gasteiger partial charge in [-0.15, -0.1) is 35.3 Å². The first-order valence-corrected chi connectivity index (χ1v) is 7.81. The second kappa shape index (κ2) is 7.29. The van der Waals surface area contributed by atoms with Crippen LogP contribution in [-0.2, 0) is 11.3 Å². The van der Waals surface area contributed by atoms with Crippen LogP contribution in [0.15, 0.2) is 17.1 Å². The molecular weight excluding hydrogens is 409 g/mol. The molecule has 3 unspecified atom stereocenters. The van der Waals surface area contributed by atoms with Crippen LogP contribution in [0.4, 0.5) is 0 Å². The highest BCUT2D eigenvalue weighted by Gasteiger charge is 2.41. The Bertz CT molecular complexity index is 482. The van der Waals surface area contributed by atoms with E-state index in [0.717, 1.165) is 23.3 Å². The van der Waals surface area contributed by atoms with Gasteiger partial charge in [0.2, 0.25) is 0 Å². The molecular formula is C13H19ClIN3OS. The van der Waals surface area contributed by atoms with Crippen LogP contribution in [-0.4, -0.2) is 31.3 Å². The fourth-order valence-corrected chi connectivity index (χ4v) is 3.80. The van der Waals surface area contributed by atoms with Crippen LogP contribution in [0.5, 0.6) is 0 Å². The summed E-state index contributed by atoms with van der Waals surface area (Å²) < 4.78 is 6.66. The molecule has 0 spiro atoms. The van der Waals surface area contributed by atoms with Crippen molar-refractivity contribution in [3.8, 4) is 0 Å². The van der Waals surface area contributed by atoms with E-state index in [1.807, 2.05) is 12.1 Å². The molecule has 2 saturated heterocycles. The van der Waals surface area contributed by atoms with E-state index in [-0.39, 0.29) is 24.0 Å². The molecule has 0 amide bonds. The highest BCUT2D eigenvalue weighted by Crippen LogP contribution is 2.34. The number of aliphatic imine (C=N–C) groups is 1. The van der Waals surface area contributed by atoms with Gasteiger partial charge in [0.1, 0.15) is 0 Å². The molecule has 2 aliphatic heterocycles. The highest BCUT2D eigenvalue weighted by molar-refractivity contribution is 14.0. The van der Waals surface area contributed by atoms with E-state index < -0.39 is 0 Å². The lowest BCUT2D eigenvalue weighted by molar-refractivity contribution is 0.0992. The summed E-state index contributed by atoms with van der Waals surface area (Å²) in [7, 11) is 1.80. The summed E-state index contributed by atoms with van der Waals surface area (Å²) in [5.74, 6) is 0.839. The summed E-state index contributed by atoms with van der Waals surface area (Å²) in [4.78, 5) is 5.47. The highest BCUT2D eigenvalue weighted by atomic mass is 127. The number of hydrogen-bond donors (Lipinski definition) is 2. The number of guanidine groups is 1. The zero-order valence-corrected chi connectivity index (χ0v) is 15.2. The van der Waals surface area contributed by atoms with Crippen molar-refractivity contribution in [1.29, 1.82) is 0 Å². The molecule has 2 aliphatic rings. The third-order valence-corrected chi connectivity index (χ3v) is 4.94. The average molecular weight is 428 g/mol. The van der Waals surface area contributed by atoms with Crippen LogP contribution >= 0.6 is 46.9 Å². The molecule has 2 bridgehead atoms. The molecule has 3 heterocycles. The Morgan fingerprint density at radius 2 is 2.35 bits per heavy atom. The van der Waals surface area contributed by atoms with Crippen LogP contribution in [0.25, 0.3) is 0 Å². The maximum Gasteiger partial charge on any atom is 0.191 e. The molecule has 4 nitrogen and oxygen atoms in total. The lowest BCUT2D eigenvalue weighted by Gasteiger charge is -2.22. The molecule has 1 aromatic rings. The van der Waals surface area contributed by atoms with Gasteiger partial charge in [0, 0.05) is 11.9 Å². The molecule has 1 aromatic heterocycles. The lowest BCUT2D eigenvalue weighted by atomic mass is 9.96. The smallest absolute Gasteiger partial charge is 0.191 e. The molecule has 3 rings (SSSR count). The van der Waals surface area contributed by atoms with Gasteiger partial charge in [0.05, 0.1) is 29.1 Å². The third-order valence-electron chi connectivity index (χ3n) is 3.71. The van der Waals surface area contributed by atoms with E-state index in [0.29, 0.717) is 18.2 Å². The van der Waals surface area contributed by atoms with E-state index in [4.69, 9.17) is 16.3 Å². The molecule has 3 atom stereocenters. The number of fused-ring (bicyclic) bond motifs is 2. The van der Waals surface area contributed by atoms with Crippen molar-refractivity contribution in [2.24, 2.45) is 4.99 Å². The maximum atomic E-state index is 5.92. The fourth-order valence-electron chi connectivity index (χ4n) is 2.78. The van der Waals surface area contributed by atoms with Crippen molar-refractivity contribution >= 4 is 52.9 Å². The fraction of sp³-hybridized carbons (Fsp3) is 0.615. The number of halogens is 2. The Balaban J connectivity index is 0.00000147.